The number of halogens is 2. The second-order valence-electron chi connectivity index (χ2n) is 2.74. The molecule has 1 aromatic heterocycles. The number of hydrogen-bond donors (Lipinski definition) is 0. The molecule has 7 heteroatoms. The normalized spacial score (nSPS) is 10.3. The largest absolute Gasteiger partial charge is 0.369 e. The first-order valence-corrected chi connectivity index (χ1v) is 5.00. The van der Waals surface area contributed by atoms with E-state index in [1.165, 1.54) is 19.0 Å². The van der Waals surface area contributed by atoms with Crippen LogP contribution in [0, 0.1) is 0 Å². The molecule has 1 aromatic rings. The van der Waals surface area contributed by atoms with Gasteiger partial charge in [-0.2, -0.15) is 0 Å². The Hall–Kier alpha value is -0.750. The van der Waals surface area contributed by atoms with Crippen LogP contribution >= 0.6 is 27.5 Å². The topological polar surface area (TPSA) is 55.5 Å². The minimum Gasteiger partial charge on any atom is -0.369 e. The Bertz CT molecular complexity index is 410. The second kappa shape index (κ2) is 4.18. The molecule has 0 aliphatic heterocycles. The third-order valence-electron chi connectivity index (χ3n) is 1.50. The summed E-state index contributed by atoms with van der Waals surface area (Å²) in [7, 11) is 3.04. The monoisotopic (exact) mass is 282 g/mol. The van der Waals surface area contributed by atoms with Crippen LogP contribution in [0.25, 0.3) is 0 Å². The minimum atomic E-state index is -0.549. The van der Waals surface area contributed by atoms with E-state index in [9.17, 15) is 9.59 Å². The lowest BCUT2D eigenvalue weighted by Crippen LogP contribution is -2.33. The highest BCUT2D eigenvalue weighted by Gasteiger charge is 2.19. The van der Waals surface area contributed by atoms with Crippen molar-refractivity contribution in [3.8, 4) is 0 Å². The summed E-state index contributed by atoms with van der Waals surface area (Å²) in [5.41, 5.74) is -0.542. The number of hydrogen-bond acceptors (Lipinski definition) is 3. The van der Waals surface area contributed by atoms with Gasteiger partial charge in [-0.3, -0.25) is 4.79 Å². The smallest absolute Gasteiger partial charge is 0.360 e. The summed E-state index contributed by atoms with van der Waals surface area (Å²) in [5.74, 6) is 0.274. The molecule has 5 nitrogen and oxygen atoms in total. The molecule has 0 bridgehead atoms. The molecule has 0 saturated heterocycles. The first-order chi connectivity index (χ1) is 6.49. The number of nitrogens with zero attached hydrogens (tertiary/aromatic N) is 2. The zero-order valence-corrected chi connectivity index (χ0v) is 9.92. The molecule has 0 spiro atoms. The molecule has 0 aliphatic rings. The first kappa shape index (κ1) is 11.3. The van der Waals surface area contributed by atoms with Gasteiger partial charge in [-0.25, -0.2) is 4.79 Å². The van der Waals surface area contributed by atoms with Gasteiger partial charge in [-0.15, -0.1) is 11.6 Å². The summed E-state index contributed by atoms with van der Waals surface area (Å²) in [4.78, 5) is 24.0. The number of aromatic nitrogens is 1. The molecule has 78 valence electrons. The Morgan fingerprint density at radius 2 is 2.21 bits per heavy atom. The van der Waals surface area contributed by atoms with Crippen LogP contribution in [0.2, 0.25) is 0 Å². The molecule has 1 heterocycles. The van der Waals surface area contributed by atoms with E-state index < -0.39 is 11.6 Å². The van der Waals surface area contributed by atoms with Crippen molar-refractivity contribution >= 4 is 33.6 Å². The quantitative estimate of drug-likeness (QED) is 0.734. The van der Waals surface area contributed by atoms with E-state index in [0.717, 1.165) is 0 Å². The Morgan fingerprint density at radius 3 is 2.57 bits per heavy atom. The molecular formula is C7H8BrClN2O3. The van der Waals surface area contributed by atoms with Crippen LogP contribution in [0.3, 0.4) is 0 Å². The van der Waals surface area contributed by atoms with Crippen molar-refractivity contribution < 1.29 is 9.32 Å². The highest BCUT2D eigenvalue weighted by Crippen LogP contribution is 2.14. The van der Waals surface area contributed by atoms with Gasteiger partial charge < -0.3 is 9.42 Å². The first-order valence-electron chi connectivity index (χ1n) is 3.67. The summed E-state index contributed by atoms with van der Waals surface area (Å²) in [5, 5.41) is 0. The van der Waals surface area contributed by atoms with Crippen LogP contribution in [0.1, 0.15) is 5.76 Å². The van der Waals surface area contributed by atoms with Crippen molar-refractivity contribution in [1.29, 1.82) is 0 Å². The standard InChI is InChI=1S/C7H8BrClN2O3/c1-10(2)7(13)11-6(12)5(8)4(3-9)14-11/h3H2,1-2H3. The van der Waals surface area contributed by atoms with Gasteiger partial charge >= 0.3 is 11.6 Å². The predicted molar refractivity (Wildman–Crippen MR) is 54.7 cm³/mol. The van der Waals surface area contributed by atoms with Gasteiger partial charge in [-0.1, -0.05) is 4.74 Å². The molecule has 0 N–H and O–H groups in total. The van der Waals surface area contributed by atoms with Crippen molar-refractivity contribution in [3.63, 3.8) is 0 Å². The predicted octanol–water partition coefficient (Wildman–Crippen LogP) is 1.47. The lowest BCUT2D eigenvalue weighted by atomic mass is 10.5. The van der Waals surface area contributed by atoms with E-state index in [1.54, 1.807) is 0 Å². The summed E-state index contributed by atoms with van der Waals surface area (Å²) in [6.45, 7) is 0. The highest BCUT2D eigenvalue weighted by molar-refractivity contribution is 9.10. The number of carbonyl (C=O) groups excluding carboxylic acids is 1. The van der Waals surface area contributed by atoms with Gasteiger partial charge in [-0.05, 0) is 15.9 Å². The van der Waals surface area contributed by atoms with Crippen LogP contribution in [0.5, 0.6) is 0 Å². The number of carbonyl (C=O) groups is 1. The lowest BCUT2D eigenvalue weighted by molar-refractivity contribution is 0.182. The molecule has 1 amide bonds. The van der Waals surface area contributed by atoms with Gasteiger partial charge in [0.25, 0.3) is 0 Å². The van der Waals surface area contributed by atoms with Gasteiger partial charge in [0.1, 0.15) is 4.47 Å². The maximum Gasteiger partial charge on any atom is 0.360 e. The Labute approximate surface area is 93.3 Å². The van der Waals surface area contributed by atoms with Crippen molar-refractivity contribution in [1.82, 2.24) is 9.64 Å². The molecular weight excluding hydrogens is 275 g/mol. The number of alkyl halides is 1. The van der Waals surface area contributed by atoms with Crippen LogP contribution in [0.15, 0.2) is 13.8 Å². The van der Waals surface area contributed by atoms with E-state index in [2.05, 4.69) is 15.9 Å². The second-order valence-corrected chi connectivity index (χ2v) is 3.80. The Kier molecular flexibility index (Phi) is 3.38. The minimum absolute atomic E-state index is 0.0313. The summed E-state index contributed by atoms with van der Waals surface area (Å²) in [6, 6.07) is -0.549. The van der Waals surface area contributed by atoms with E-state index in [-0.39, 0.29) is 16.1 Å². The zero-order chi connectivity index (χ0) is 10.9. The highest BCUT2D eigenvalue weighted by atomic mass is 79.9. The average Bonchev–Trinajstić information content (AvgIpc) is 2.43. The van der Waals surface area contributed by atoms with Crippen LogP contribution in [0.4, 0.5) is 4.79 Å². The van der Waals surface area contributed by atoms with Gasteiger partial charge in [0.05, 0.1) is 5.88 Å². The fourth-order valence-electron chi connectivity index (χ4n) is 0.791. The van der Waals surface area contributed by atoms with E-state index >= 15 is 0 Å². The summed E-state index contributed by atoms with van der Waals surface area (Å²) < 4.78 is 5.79. The van der Waals surface area contributed by atoms with Crippen LogP contribution < -0.4 is 5.56 Å². The fraction of sp³-hybridized carbons (Fsp3) is 0.429. The number of rotatable bonds is 1. The van der Waals surface area contributed by atoms with Crippen molar-refractivity contribution in [2.75, 3.05) is 14.1 Å². The van der Waals surface area contributed by atoms with E-state index in [4.69, 9.17) is 16.1 Å². The molecule has 0 fully saturated rings. The van der Waals surface area contributed by atoms with E-state index in [1.807, 2.05) is 0 Å². The average molecular weight is 284 g/mol. The van der Waals surface area contributed by atoms with Crippen LogP contribution in [-0.2, 0) is 5.88 Å². The molecule has 0 unspecified atom stereocenters. The number of amides is 1. The Balaban J connectivity index is 3.24. The zero-order valence-electron chi connectivity index (χ0n) is 7.58. The van der Waals surface area contributed by atoms with Gasteiger partial charge in [0, 0.05) is 14.1 Å². The molecule has 0 atom stereocenters. The third-order valence-corrected chi connectivity index (χ3v) is 2.52. The fourth-order valence-corrected chi connectivity index (χ4v) is 1.51. The molecule has 0 radical (unpaired) electrons. The van der Waals surface area contributed by atoms with Crippen molar-refractivity contribution in [2.24, 2.45) is 0 Å². The van der Waals surface area contributed by atoms with Crippen LogP contribution in [-0.4, -0.2) is 29.8 Å². The maximum atomic E-state index is 11.4. The van der Waals surface area contributed by atoms with Crippen molar-refractivity contribution in [2.45, 2.75) is 5.88 Å². The lowest BCUT2D eigenvalue weighted by Gasteiger charge is -2.07. The maximum absolute atomic E-state index is 11.4. The third kappa shape index (κ3) is 1.85. The molecule has 1 rings (SSSR count). The summed E-state index contributed by atoms with van der Waals surface area (Å²) in [6.07, 6.45) is 0. The molecule has 0 aliphatic carbocycles. The SMILES string of the molecule is CN(C)C(=O)n1oc(CCl)c(Br)c1=O. The van der Waals surface area contributed by atoms with Gasteiger partial charge in [0.15, 0.2) is 5.76 Å². The Morgan fingerprint density at radius 1 is 1.64 bits per heavy atom. The van der Waals surface area contributed by atoms with E-state index in [0.29, 0.717) is 4.74 Å². The molecule has 0 aromatic carbocycles. The molecule has 0 saturated carbocycles. The van der Waals surface area contributed by atoms with Gasteiger partial charge in [0.2, 0.25) is 0 Å². The molecule has 14 heavy (non-hydrogen) atoms. The van der Waals surface area contributed by atoms with Crippen molar-refractivity contribution in [3.05, 3.63) is 20.6 Å². The summed E-state index contributed by atoms with van der Waals surface area (Å²) >= 11 is 8.50.